The zero-order valence-corrected chi connectivity index (χ0v) is 11.5. The topological polar surface area (TPSA) is 46.6 Å². The predicted octanol–water partition coefficient (Wildman–Crippen LogP) is 2.22. The van der Waals surface area contributed by atoms with E-state index in [9.17, 15) is 9.59 Å². The third-order valence-electron chi connectivity index (χ3n) is 2.47. The van der Waals surface area contributed by atoms with Crippen LogP contribution in [0.2, 0.25) is 0 Å². The summed E-state index contributed by atoms with van der Waals surface area (Å²) in [7, 11) is 2.90. The van der Waals surface area contributed by atoms with Crippen LogP contribution in [0.1, 0.15) is 6.92 Å². The van der Waals surface area contributed by atoms with Gasteiger partial charge >= 0.3 is 5.97 Å². The average molecular weight is 300 g/mol. The van der Waals surface area contributed by atoms with Gasteiger partial charge in [-0.15, -0.1) is 0 Å². The van der Waals surface area contributed by atoms with Crippen molar-refractivity contribution in [1.82, 2.24) is 0 Å². The summed E-state index contributed by atoms with van der Waals surface area (Å²) in [5.74, 6) is -1.62. The lowest BCUT2D eigenvalue weighted by molar-refractivity contribution is -0.148. The largest absolute Gasteiger partial charge is 0.468 e. The number of halogens is 1. The minimum atomic E-state index is -0.798. The zero-order valence-electron chi connectivity index (χ0n) is 9.94. The molecule has 0 aromatic heterocycles. The van der Waals surface area contributed by atoms with E-state index in [1.165, 1.54) is 18.9 Å². The first-order chi connectivity index (χ1) is 7.97. The summed E-state index contributed by atoms with van der Waals surface area (Å²) in [5.41, 5.74) is 0.731. The number of hydrogen-bond donors (Lipinski definition) is 0. The number of esters is 1. The Bertz CT molecular complexity index is 416. The number of rotatable bonds is 3. The molecule has 0 saturated heterocycles. The van der Waals surface area contributed by atoms with Crippen molar-refractivity contribution in [2.45, 2.75) is 6.92 Å². The van der Waals surface area contributed by atoms with Gasteiger partial charge in [-0.05, 0) is 31.2 Å². The standard InChI is InChI=1S/C12H14BrNO3/c1-8(12(16)17-3)11(15)14(2)10-6-4-9(13)5-7-10/h4-8H,1-3H3. The first kappa shape index (κ1) is 13.7. The van der Waals surface area contributed by atoms with Crippen LogP contribution in [0.15, 0.2) is 28.7 Å². The number of carbonyl (C=O) groups is 2. The molecule has 1 unspecified atom stereocenters. The second-order valence-electron chi connectivity index (χ2n) is 3.62. The maximum absolute atomic E-state index is 11.9. The molecule has 0 heterocycles. The smallest absolute Gasteiger partial charge is 0.317 e. The van der Waals surface area contributed by atoms with E-state index in [0.717, 1.165) is 10.2 Å². The highest BCUT2D eigenvalue weighted by Gasteiger charge is 2.25. The van der Waals surface area contributed by atoms with E-state index in [0.29, 0.717) is 0 Å². The molecule has 0 fully saturated rings. The number of amides is 1. The second kappa shape index (κ2) is 5.82. The fourth-order valence-electron chi connectivity index (χ4n) is 1.36. The molecule has 17 heavy (non-hydrogen) atoms. The number of nitrogens with zero attached hydrogens (tertiary/aromatic N) is 1. The van der Waals surface area contributed by atoms with Crippen molar-refractivity contribution in [3.63, 3.8) is 0 Å². The summed E-state index contributed by atoms with van der Waals surface area (Å²) < 4.78 is 5.48. The van der Waals surface area contributed by atoms with Gasteiger partial charge in [0.25, 0.3) is 0 Å². The van der Waals surface area contributed by atoms with Gasteiger partial charge in [0.15, 0.2) is 0 Å². The van der Waals surface area contributed by atoms with Gasteiger partial charge in [-0.25, -0.2) is 0 Å². The van der Waals surface area contributed by atoms with Crippen molar-refractivity contribution in [3.8, 4) is 0 Å². The monoisotopic (exact) mass is 299 g/mol. The van der Waals surface area contributed by atoms with Gasteiger partial charge in [0, 0.05) is 17.2 Å². The first-order valence-electron chi connectivity index (χ1n) is 5.08. The highest BCUT2D eigenvalue weighted by molar-refractivity contribution is 9.10. The molecule has 5 heteroatoms. The number of ether oxygens (including phenoxy) is 1. The van der Waals surface area contributed by atoms with Crippen LogP contribution in [0.25, 0.3) is 0 Å². The van der Waals surface area contributed by atoms with Crippen molar-refractivity contribution in [3.05, 3.63) is 28.7 Å². The minimum Gasteiger partial charge on any atom is -0.468 e. The molecule has 92 valence electrons. The van der Waals surface area contributed by atoms with E-state index < -0.39 is 11.9 Å². The van der Waals surface area contributed by atoms with Gasteiger partial charge in [-0.2, -0.15) is 0 Å². The highest BCUT2D eigenvalue weighted by atomic mass is 79.9. The van der Waals surface area contributed by atoms with E-state index in [-0.39, 0.29) is 5.91 Å². The molecule has 0 saturated carbocycles. The Labute approximate surface area is 109 Å². The summed E-state index contributed by atoms with van der Waals surface area (Å²) in [6.45, 7) is 1.53. The van der Waals surface area contributed by atoms with Crippen molar-refractivity contribution < 1.29 is 14.3 Å². The average Bonchev–Trinajstić information content (AvgIpc) is 2.36. The predicted molar refractivity (Wildman–Crippen MR) is 68.7 cm³/mol. The van der Waals surface area contributed by atoms with Crippen molar-refractivity contribution in [1.29, 1.82) is 0 Å². The van der Waals surface area contributed by atoms with Crippen molar-refractivity contribution in [2.24, 2.45) is 5.92 Å². The summed E-state index contributed by atoms with van der Waals surface area (Å²) in [6, 6.07) is 7.27. The van der Waals surface area contributed by atoms with Crippen LogP contribution in [0.4, 0.5) is 5.69 Å². The molecule has 1 amide bonds. The molecular formula is C12H14BrNO3. The Morgan fingerprint density at radius 1 is 1.29 bits per heavy atom. The number of anilines is 1. The lowest BCUT2D eigenvalue weighted by atomic mass is 10.1. The lowest BCUT2D eigenvalue weighted by Crippen LogP contribution is -2.35. The molecule has 0 spiro atoms. The van der Waals surface area contributed by atoms with Crippen LogP contribution < -0.4 is 4.90 Å². The Morgan fingerprint density at radius 3 is 2.29 bits per heavy atom. The van der Waals surface area contributed by atoms with Gasteiger partial charge in [-0.3, -0.25) is 9.59 Å². The molecule has 1 atom stereocenters. The van der Waals surface area contributed by atoms with E-state index >= 15 is 0 Å². The highest BCUT2D eigenvalue weighted by Crippen LogP contribution is 2.19. The summed E-state index contributed by atoms with van der Waals surface area (Å²) in [5, 5.41) is 0. The minimum absolute atomic E-state index is 0.292. The molecule has 0 aliphatic rings. The maximum Gasteiger partial charge on any atom is 0.317 e. The molecule has 1 aromatic carbocycles. The van der Waals surface area contributed by atoms with Gasteiger partial charge in [0.05, 0.1) is 7.11 Å². The molecule has 0 N–H and O–H groups in total. The Hall–Kier alpha value is -1.36. The molecule has 0 aliphatic carbocycles. The van der Waals surface area contributed by atoms with Crippen molar-refractivity contribution >= 4 is 33.5 Å². The quantitative estimate of drug-likeness (QED) is 0.635. The Kier molecular flexibility index (Phi) is 4.69. The van der Waals surface area contributed by atoms with Gasteiger partial charge < -0.3 is 9.64 Å². The van der Waals surface area contributed by atoms with Crippen LogP contribution >= 0.6 is 15.9 Å². The number of benzene rings is 1. The third-order valence-corrected chi connectivity index (χ3v) is 3.00. The molecule has 0 aliphatic heterocycles. The fourth-order valence-corrected chi connectivity index (χ4v) is 1.62. The number of carbonyl (C=O) groups excluding carboxylic acids is 2. The SMILES string of the molecule is COC(=O)C(C)C(=O)N(C)c1ccc(Br)cc1. The number of hydrogen-bond acceptors (Lipinski definition) is 3. The van der Waals surface area contributed by atoms with Gasteiger partial charge in [0.2, 0.25) is 5.91 Å². The van der Waals surface area contributed by atoms with E-state index in [1.54, 1.807) is 19.2 Å². The van der Waals surface area contributed by atoms with Gasteiger partial charge in [0.1, 0.15) is 5.92 Å². The molecular weight excluding hydrogens is 286 g/mol. The Morgan fingerprint density at radius 2 is 1.82 bits per heavy atom. The normalized spacial score (nSPS) is 11.8. The summed E-state index contributed by atoms with van der Waals surface area (Å²) >= 11 is 3.32. The van der Waals surface area contributed by atoms with E-state index in [4.69, 9.17) is 0 Å². The van der Waals surface area contributed by atoms with Crippen LogP contribution in [-0.2, 0) is 14.3 Å². The first-order valence-corrected chi connectivity index (χ1v) is 5.87. The van der Waals surface area contributed by atoms with E-state index in [2.05, 4.69) is 20.7 Å². The maximum atomic E-state index is 11.9. The lowest BCUT2D eigenvalue weighted by Gasteiger charge is -2.20. The second-order valence-corrected chi connectivity index (χ2v) is 4.53. The van der Waals surface area contributed by atoms with Crippen LogP contribution in [0.3, 0.4) is 0 Å². The molecule has 1 rings (SSSR count). The van der Waals surface area contributed by atoms with Gasteiger partial charge in [-0.1, -0.05) is 15.9 Å². The summed E-state index contributed by atoms with van der Waals surface area (Å²) in [6.07, 6.45) is 0. The Balaban J connectivity index is 2.83. The summed E-state index contributed by atoms with van der Waals surface area (Å²) in [4.78, 5) is 24.6. The number of methoxy groups -OCH3 is 1. The third kappa shape index (κ3) is 3.30. The molecule has 4 nitrogen and oxygen atoms in total. The molecule has 0 radical (unpaired) electrons. The van der Waals surface area contributed by atoms with Crippen LogP contribution in [-0.4, -0.2) is 26.0 Å². The van der Waals surface area contributed by atoms with E-state index in [1.807, 2.05) is 12.1 Å². The zero-order chi connectivity index (χ0) is 13.0. The van der Waals surface area contributed by atoms with Crippen molar-refractivity contribution in [2.75, 3.05) is 19.1 Å². The molecule has 1 aromatic rings. The van der Waals surface area contributed by atoms with Crippen LogP contribution in [0, 0.1) is 5.92 Å². The molecule has 0 bridgehead atoms. The van der Waals surface area contributed by atoms with Crippen LogP contribution in [0.5, 0.6) is 0 Å². The fraction of sp³-hybridized carbons (Fsp3) is 0.333.